The summed E-state index contributed by atoms with van der Waals surface area (Å²) in [5.74, 6) is -1.08. The maximum Gasteiger partial charge on any atom is 0.410 e. The van der Waals surface area contributed by atoms with E-state index in [9.17, 15) is 13.8 Å². The first-order chi connectivity index (χ1) is 11.1. The SMILES string of the molecule is Cc1cc(S(=O)N2CCN(C(=O)OC(C)(C)C)CC2)[nH]c1C(=O)O. The summed E-state index contributed by atoms with van der Waals surface area (Å²) < 4.78 is 19.6. The highest BCUT2D eigenvalue weighted by molar-refractivity contribution is 7.82. The fraction of sp³-hybridized carbons (Fsp3) is 0.600. The predicted octanol–water partition coefficient (Wildman–Crippen LogP) is 1.60. The lowest BCUT2D eigenvalue weighted by Gasteiger charge is -2.34. The van der Waals surface area contributed by atoms with Crippen molar-refractivity contribution >= 4 is 23.0 Å². The van der Waals surface area contributed by atoms with Gasteiger partial charge in [0.1, 0.15) is 27.3 Å². The molecule has 1 unspecified atom stereocenters. The van der Waals surface area contributed by atoms with Gasteiger partial charge in [-0.2, -0.15) is 0 Å². The number of aromatic amines is 1. The first-order valence-electron chi connectivity index (χ1n) is 7.66. The maximum absolute atomic E-state index is 12.6. The number of nitrogens with one attached hydrogen (secondary N) is 1. The monoisotopic (exact) mass is 357 g/mol. The van der Waals surface area contributed by atoms with Crippen LogP contribution in [0.2, 0.25) is 0 Å². The quantitative estimate of drug-likeness (QED) is 0.855. The summed E-state index contributed by atoms with van der Waals surface area (Å²) >= 11 is 0. The number of nitrogens with zero attached hydrogens (tertiary/aromatic N) is 2. The number of aromatic nitrogens is 1. The molecule has 2 N–H and O–H groups in total. The third kappa shape index (κ3) is 4.35. The van der Waals surface area contributed by atoms with E-state index in [0.29, 0.717) is 36.8 Å². The molecule has 1 aliphatic heterocycles. The maximum atomic E-state index is 12.6. The molecule has 1 aromatic heterocycles. The van der Waals surface area contributed by atoms with E-state index in [4.69, 9.17) is 9.84 Å². The van der Waals surface area contributed by atoms with Crippen LogP contribution >= 0.6 is 0 Å². The van der Waals surface area contributed by atoms with Crippen LogP contribution in [0.25, 0.3) is 0 Å². The Morgan fingerprint density at radius 2 is 1.83 bits per heavy atom. The van der Waals surface area contributed by atoms with E-state index in [1.165, 1.54) is 0 Å². The molecule has 24 heavy (non-hydrogen) atoms. The smallest absolute Gasteiger partial charge is 0.410 e. The Bertz CT molecular complexity index is 657. The molecule has 1 aliphatic rings. The van der Waals surface area contributed by atoms with Gasteiger partial charge in [0.05, 0.1) is 0 Å². The molecular weight excluding hydrogens is 334 g/mol. The van der Waals surface area contributed by atoms with E-state index >= 15 is 0 Å². The molecular formula is C15H23N3O5S. The van der Waals surface area contributed by atoms with Crippen LogP contribution in [0.4, 0.5) is 4.79 Å². The molecule has 0 saturated carbocycles. The molecule has 8 nitrogen and oxygen atoms in total. The van der Waals surface area contributed by atoms with E-state index in [2.05, 4.69) is 4.98 Å². The summed E-state index contributed by atoms with van der Waals surface area (Å²) in [5, 5.41) is 9.41. The summed E-state index contributed by atoms with van der Waals surface area (Å²) in [5.41, 5.74) is 0.0375. The molecule has 0 radical (unpaired) electrons. The van der Waals surface area contributed by atoms with Gasteiger partial charge in [0.15, 0.2) is 0 Å². The molecule has 134 valence electrons. The van der Waals surface area contributed by atoms with E-state index < -0.39 is 22.6 Å². The van der Waals surface area contributed by atoms with Gasteiger partial charge in [-0.25, -0.2) is 18.1 Å². The van der Waals surface area contributed by atoms with Crippen molar-refractivity contribution in [2.75, 3.05) is 26.2 Å². The molecule has 0 spiro atoms. The van der Waals surface area contributed by atoms with Gasteiger partial charge in [-0.05, 0) is 39.3 Å². The van der Waals surface area contributed by atoms with Crippen molar-refractivity contribution in [3.8, 4) is 0 Å². The lowest BCUT2D eigenvalue weighted by Crippen LogP contribution is -2.50. The Labute approximate surface area is 143 Å². The Balaban J connectivity index is 1.97. The van der Waals surface area contributed by atoms with Gasteiger partial charge in [-0.3, -0.25) is 0 Å². The average Bonchev–Trinajstić information content (AvgIpc) is 2.87. The number of carboxylic acid groups (broad SMARTS) is 1. The zero-order chi connectivity index (χ0) is 18.1. The molecule has 0 bridgehead atoms. The largest absolute Gasteiger partial charge is 0.477 e. The molecule has 1 aromatic rings. The van der Waals surface area contributed by atoms with E-state index in [1.807, 2.05) is 20.8 Å². The van der Waals surface area contributed by atoms with Crippen molar-refractivity contribution < 1.29 is 23.6 Å². The third-order valence-corrected chi connectivity index (χ3v) is 4.95. The number of H-pyrrole nitrogens is 1. The Morgan fingerprint density at radius 1 is 1.25 bits per heavy atom. The number of carbonyl (C=O) groups excluding carboxylic acids is 1. The van der Waals surface area contributed by atoms with E-state index in [0.717, 1.165) is 0 Å². The molecule has 9 heteroatoms. The van der Waals surface area contributed by atoms with Gasteiger partial charge in [0.2, 0.25) is 0 Å². The number of ether oxygens (including phenoxy) is 1. The summed E-state index contributed by atoms with van der Waals surface area (Å²) in [7, 11) is -1.49. The number of carbonyl (C=O) groups is 2. The van der Waals surface area contributed by atoms with Crippen molar-refractivity contribution in [1.29, 1.82) is 0 Å². The fourth-order valence-electron chi connectivity index (χ4n) is 2.34. The van der Waals surface area contributed by atoms with Crippen LogP contribution in [0, 0.1) is 6.92 Å². The minimum atomic E-state index is -1.49. The molecule has 1 atom stereocenters. The first-order valence-corrected chi connectivity index (χ1v) is 8.77. The van der Waals surface area contributed by atoms with Crippen molar-refractivity contribution in [3.05, 3.63) is 17.3 Å². The van der Waals surface area contributed by atoms with Crippen molar-refractivity contribution in [2.45, 2.75) is 38.3 Å². The highest BCUT2D eigenvalue weighted by Crippen LogP contribution is 2.18. The second kappa shape index (κ2) is 6.94. The molecule has 0 aromatic carbocycles. The summed E-state index contributed by atoms with van der Waals surface area (Å²) in [6.45, 7) is 8.75. The summed E-state index contributed by atoms with van der Waals surface area (Å²) in [6.07, 6.45) is -0.378. The lowest BCUT2D eigenvalue weighted by molar-refractivity contribution is 0.0195. The second-order valence-corrected chi connectivity index (χ2v) is 8.10. The van der Waals surface area contributed by atoms with Gasteiger partial charge >= 0.3 is 12.1 Å². The number of amides is 1. The van der Waals surface area contributed by atoms with Crippen molar-refractivity contribution in [2.24, 2.45) is 0 Å². The minimum Gasteiger partial charge on any atom is -0.477 e. The number of piperazine rings is 1. The molecule has 1 fully saturated rings. The topological polar surface area (TPSA) is 103 Å². The number of hydrogen-bond donors (Lipinski definition) is 2. The van der Waals surface area contributed by atoms with Crippen LogP contribution < -0.4 is 0 Å². The number of aryl methyl sites for hydroxylation is 1. The summed E-state index contributed by atoms with van der Waals surface area (Å²) in [4.78, 5) is 27.4. The molecule has 0 aliphatic carbocycles. The average molecular weight is 357 g/mol. The highest BCUT2D eigenvalue weighted by Gasteiger charge is 2.29. The number of aromatic carboxylic acids is 1. The van der Waals surface area contributed by atoms with Gasteiger partial charge in [-0.15, -0.1) is 0 Å². The van der Waals surface area contributed by atoms with Crippen molar-refractivity contribution in [3.63, 3.8) is 0 Å². The zero-order valence-electron chi connectivity index (χ0n) is 14.3. The van der Waals surface area contributed by atoms with E-state index in [-0.39, 0.29) is 11.8 Å². The van der Waals surface area contributed by atoms with Crippen LogP contribution in [-0.2, 0) is 15.7 Å². The van der Waals surface area contributed by atoms with Crippen LogP contribution in [0.1, 0.15) is 36.8 Å². The normalized spacial score (nSPS) is 17.6. The van der Waals surface area contributed by atoms with Crippen molar-refractivity contribution in [1.82, 2.24) is 14.2 Å². The lowest BCUT2D eigenvalue weighted by atomic mass is 10.2. The fourth-order valence-corrected chi connectivity index (χ4v) is 3.59. The molecule has 1 saturated heterocycles. The third-order valence-electron chi connectivity index (χ3n) is 3.52. The second-order valence-electron chi connectivity index (χ2n) is 6.64. The van der Waals surface area contributed by atoms with Gasteiger partial charge in [-0.1, -0.05) is 0 Å². The Hall–Kier alpha value is -1.87. The Kier molecular flexibility index (Phi) is 5.34. The van der Waals surface area contributed by atoms with Gasteiger partial charge in [0.25, 0.3) is 0 Å². The van der Waals surface area contributed by atoms with E-state index in [1.54, 1.807) is 22.2 Å². The predicted molar refractivity (Wildman–Crippen MR) is 88.3 cm³/mol. The van der Waals surface area contributed by atoms with Crippen LogP contribution in [0.15, 0.2) is 11.1 Å². The summed E-state index contributed by atoms with van der Waals surface area (Å²) in [6, 6.07) is 1.58. The van der Waals surface area contributed by atoms with Gasteiger partial charge in [0, 0.05) is 26.2 Å². The van der Waals surface area contributed by atoms with Crippen LogP contribution in [0.5, 0.6) is 0 Å². The molecule has 2 rings (SSSR count). The Morgan fingerprint density at radius 3 is 2.29 bits per heavy atom. The zero-order valence-corrected chi connectivity index (χ0v) is 15.1. The van der Waals surface area contributed by atoms with Crippen LogP contribution in [-0.4, -0.2) is 67.3 Å². The number of carboxylic acids is 1. The minimum absolute atomic E-state index is 0.0470. The molecule has 2 heterocycles. The van der Waals surface area contributed by atoms with Crippen LogP contribution in [0.3, 0.4) is 0 Å². The van der Waals surface area contributed by atoms with Gasteiger partial charge < -0.3 is 19.7 Å². The standard InChI is InChI=1S/C15H23N3O5S/c1-10-9-11(16-12(10)13(19)20)24(22)18-7-5-17(6-8-18)14(21)23-15(2,3)4/h9,16H,5-8H2,1-4H3,(H,19,20). The highest BCUT2D eigenvalue weighted by atomic mass is 32.2. The molecule has 1 amide bonds. The number of rotatable bonds is 3. The first kappa shape index (κ1) is 18.5. The number of hydrogen-bond acceptors (Lipinski definition) is 4.